The van der Waals surface area contributed by atoms with Crippen LogP contribution in [0.4, 0.5) is 0 Å². The van der Waals surface area contributed by atoms with Crippen molar-refractivity contribution in [2.24, 2.45) is 0 Å². The molecule has 0 spiro atoms. The van der Waals surface area contributed by atoms with Crippen LogP contribution in [0.1, 0.15) is 0 Å². The van der Waals surface area contributed by atoms with Gasteiger partial charge in [-0.3, -0.25) is 9.13 Å². The van der Waals surface area contributed by atoms with Gasteiger partial charge >= 0.3 is 0 Å². The maximum Gasteiger partial charge on any atom is 0.159 e. The molecule has 0 atom stereocenters. The van der Waals surface area contributed by atoms with Gasteiger partial charge in [0, 0.05) is 100 Å². The van der Waals surface area contributed by atoms with Crippen molar-refractivity contribution < 1.29 is 0 Å². The van der Waals surface area contributed by atoms with Gasteiger partial charge in [0.25, 0.3) is 0 Å². The van der Waals surface area contributed by atoms with E-state index in [2.05, 4.69) is 316 Å². The molecule has 0 amide bonds. The molecule has 8 aromatic heterocycles. The SMILES string of the molecule is c1ccc(-c2cc(-n3c4ccccc4c4cccc(-c5ccc6c7cccnc7n(-c7ccccc7)c6c5)c43)cc(-c3ccc(-c4cccc(-c5nc(-c6ccccc6)ncc5-n5c6ccccc6c6cccc(-c7ccc8c9cccnc9n(-c9ccccc9)c8c7)c65)c4)cc3)n2)cc1. The van der Waals surface area contributed by atoms with Crippen LogP contribution in [0.25, 0.3) is 189 Å². The van der Waals surface area contributed by atoms with E-state index >= 15 is 0 Å². The highest BCUT2D eigenvalue weighted by molar-refractivity contribution is 6.17. The quantitative estimate of drug-likeness (QED) is 0.129. The van der Waals surface area contributed by atoms with E-state index in [1.807, 2.05) is 48.9 Å². The highest BCUT2D eigenvalue weighted by Crippen LogP contribution is 2.45. The number of fused-ring (bicyclic) bond motifs is 12. The predicted octanol–water partition coefficient (Wildman–Crippen LogP) is 22.7. The third kappa shape index (κ3) is 9.13. The summed E-state index contributed by atoms with van der Waals surface area (Å²) in [6, 6.07) is 117. The Morgan fingerprint density at radius 1 is 0.230 bits per heavy atom. The lowest BCUT2D eigenvalue weighted by molar-refractivity contribution is 1.09. The summed E-state index contributed by atoms with van der Waals surface area (Å²) in [5.74, 6) is 0.646. The van der Waals surface area contributed by atoms with Crippen molar-refractivity contribution in [3.63, 3.8) is 0 Å². The first-order chi connectivity index (χ1) is 49.6. The number of nitrogens with zero attached hydrogens (tertiary/aromatic N) is 9. The van der Waals surface area contributed by atoms with Crippen LogP contribution in [0.2, 0.25) is 0 Å². The topological polar surface area (TPSA) is 84.2 Å². The van der Waals surface area contributed by atoms with Crippen LogP contribution in [-0.4, -0.2) is 43.2 Å². The minimum Gasteiger partial charge on any atom is -0.308 e. The zero-order chi connectivity index (χ0) is 65.8. The number of para-hydroxylation sites is 6. The average molecular weight is 1280 g/mol. The van der Waals surface area contributed by atoms with Gasteiger partial charge in [-0.05, 0) is 113 Å². The second kappa shape index (κ2) is 23.0. The van der Waals surface area contributed by atoms with E-state index in [0.29, 0.717) is 5.82 Å². The summed E-state index contributed by atoms with van der Waals surface area (Å²) in [6.07, 6.45) is 5.78. The highest BCUT2D eigenvalue weighted by Gasteiger charge is 2.25. The number of pyridine rings is 3. The number of hydrogen-bond donors (Lipinski definition) is 0. The van der Waals surface area contributed by atoms with Crippen LogP contribution < -0.4 is 0 Å². The van der Waals surface area contributed by atoms with Gasteiger partial charge in [0.15, 0.2) is 5.82 Å². The van der Waals surface area contributed by atoms with E-state index in [4.69, 9.17) is 24.9 Å². The molecule has 0 unspecified atom stereocenters. The van der Waals surface area contributed by atoms with Gasteiger partial charge in [0.2, 0.25) is 0 Å². The van der Waals surface area contributed by atoms with Gasteiger partial charge < -0.3 is 9.13 Å². The maximum absolute atomic E-state index is 5.59. The van der Waals surface area contributed by atoms with Crippen molar-refractivity contribution >= 4 is 87.5 Å². The first-order valence-electron chi connectivity index (χ1n) is 33.8. The molecule has 12 aromatic carbocycles. The zero-order valence-corrected chi connectivity index (χ0v) is 53.9. The molecule has 0 aliphatic heterocycles. The molecule has 466 valence electrons. The molecular weight excluding hydrogens is 1220 g/mol. The lowest BCUT2D eigenvalue weighted by Crippen LogP contribution is -2.03. The molecule has 0 N–H and O–H groups in total. The van der Waals surface area contributed by atoms with Crippen molar-refractivity contribution in [3.8, 4) is 101 Å². The molecule has 0 radical (unpaired) electrons. The zero-order valence-electron chi connectivity index (χ0n) is 53.9. The van der Waals surface area contributed by atoms with Crippen molar-refractivity contribution in [1.29, 1.82) is 0 Å². The lowest BCUT2D eigenvalue weighted by Gasteiger charge is -2.17. The van der Waals surface area contributed by atoms with Gasteiger partial charge in [0.05, 0.1) is 67.8 Å². The Morgan fingerprint density at radius 2 is 0.660 bits per heavy atom. The Morgan fingerprint density at radius 3 is 1.24 bits per heavy atom. The Balaban J connectivity index is 0.723. The number of rotatable bonds is 11. The molecular formula is C91H57N9. The highest BCUT2D eigenvalue weighted by atomic mass is 15.1. The number of benzene rings is 12. The van der Waals surface area contributed by atoms with Crippen molar-refractivity contribution in [2.75, 3.05) is 0 Å². The van der Waals surface area contributed by atoms with Gasteiger partial charge in [0.1, 0.15) is 11.3 Å². The van der Waals surface area contributed by atoms with E-state index in [0.717, 1.165) is 172 Å². The standard InChI is InChI=1S/C91H57N9/c1-5-22-59(23-6-1)79-55-68(97-81-40-15-13-32-71(81)75-36-18-34-69(87(75)97)63-46-48-73-77-38-20-50-92-90(77)98(83(73)53-63)66-28-9-3-10-29-66)56-80(95-79)60-44-42-58(43-45-60)62-26-17-27-65(52-62)86-85(57-94-89(96-86)61-24-7-2-8-25-61)100-82-41-16-14-33-72(82)76-37-19-35-70(88(76)100)64-47-49-74-78-39-21-51-93-91(78)99(84(74)54-64)67-30-11-4-12-31-67/h1-57H. The third-order valence-electron chi connectivity index (χ3n) is 19.9. The molecule has 0 aliphatic carbocycles. The fraction of sp³-hybridized carbons (Fsp3) is 0. The molecule has 100 heavy (non-hydrogen) atoms. The van der Waals surface area contributed by atoms with Crippen LogP contribution in [-0.2, 0) is 0 Å². The van der Waals surface area contributed by atoms with Crippen molar-refractivity contribution in [3.05, 3.63) is 346 Å². The van der Waals surface area contributed by atoms with E-state index in [1.54, 1.807) is 0 Å². The molecule has 20 rings (SSSR count). The fourth-order valence-electron chi connectivity index (χ4n) is 15.4. The smallest absolute Gasteiger partial charge is 0.159 e. The van der Waals surface area contributed by atoms with Crippen molar-refractivity contribution in [1.82, 2.24) is 43.2 Å². The predicted molar refractivity (Wildman–Crippen MR) is 411 cm³/mol. The van der Waals surface area contributed by atoms with E-state index in [9.17, 15) is 0 Å². The Kier molecular flexibility index (Phi) is 13.1. The largest absolute Gasteiger partial charge is 0.308 e. The molecule has 0 saturated carbocycles. The maximum atomic E-state index is 5.59. The molecule has 0 aliphatic rings. The van der Waals surface area contributed by atoms with Crippen LogP contribution in [0.3, 0.4) is 0 Å². The normalized spacial score (nSPS) is 11.8. The molecule has 20 aromatic rings. The van der Waals surface area contributed by atoms with Crippen LogP contribution >= 0.6 is 0 Å². The molecule has 9 nitrogen and oxygen atoms in total. The molecule has 0 saturated heterocycles. The van der Waals surface area contributed by atoms with Crippen LogP contribution in [0.5, 0.6) is 0 Å². The molecule has 0 fully saturated rings. The van der Waals surface area contributed by atoms with E-state index in [-0.39, 0.29) is 0 Å². The second-order valence-corrected chi connectivity index (χ2v) is 25.6. The summed E-state index contributed by atoms with van der Waals surface area (Å²) >= 11 is 0. The summed E-state index contributed by atoms with van der Waals surface area (Å²) < 4.78 is 9.41. The number of hydrogen-bond acceptors (Lipinski definition) is 5. The molecule has 0 bridgehead atoms. The van der Waals surface area contributed by atoms with Crippen LogP contribution in [0, 0.1) is 0 Å². The van der Waals surface area contributed by atoms with E-state index in [1.165, 1.54) is 10.8 Å². The molecule has 9 heteroatoms. The Bertz CT molecular complexity index is 6630. The van der Waals surface area contributed by atoms with Gasteiger partial charge in [-0.2, -0.15) is 0 Å². The monoisotopic (exact) mass is 1280 g/mol. The van der Waals surface area contributed by atoms with Gasteiger partial charge in [-0.25, -0.2) is 24.9 Å². The van der Waals surface area contributed by atoms with Gasteiger partial charge in [-0.15, -0.1) is 0 Å². The minimum atomic E-state index is 0.646. The number of aromatic nitrogens is 9. The minimum absolute atomic E-state index is 0.646. The van der Waals surface area contributed by atoms with Gasteiger partial charge in [-0.1, -0.05) is 237 Å². The summed E-state index contributed by atoms with van der Waals surface area (Å²) in [6.45, 7) is 0. The van der Waals surface area contributed by atoms with Crippen LogP contribution in [0.15, 0.2) is 346 Å². The summed E-state index contributed by atoms with van der Waals surface area (Å²) in [5.41, 5.74) is 25.4. The molecule has 8 heterocycles. The lowest BCUT2D eigenvalue weighted by atomic mass is 9.98. The first kappa shape index (κ1) is 56.7. The fourth-order valence-corrected chi connectivity index (χ4v) is 15.4. The second-order valence-electron chi connectivity index (χ2n) is 25.6. The summed E-state index contributed by atoms with van der Waals surface area (Å²) in [5, 5.41) is 9.15. The average Bonchev–Trinajstić information content (AvgIpc) is 1.56. The summed E-state index contributed by atoms with van der Waals surface area (Å²) in [4.78, 5) is 26.2. The Labute approximate surface area is 574 Å². The Hall–Kier alpha value is -13.6. The van der Waals surface area contributed by atoms with Crippen molar-refractivity contribution in [2.45, 2.75) is 0 Å². The summed E-state index contributed by atoms with van der Waals surface area (Å²) in [7, 11) is 0. The first-order valence-corrected chi connectivity index (χ1v) is 33.8. The van der Waals surface area contributed by atoms with E-state index < -0.39 is 0 Å². The third-order valence-corrected chi connectivity index (χ3v) is 19.9.